The van der Waals surface area contributed by atoms with Crippen molar-refractivity contribution in [3.8, 4) is 0 Å². The number of thiophene rings is 1. The lowest BCUT2D eigenvalue weighted by molar-refractivity contribution is -0.147. The second-order valence-corrected chi connectivity index (χ2v) is 6.60. The van der Waals surface area contributed by atoms with Gasteiger partial charge in [-0.2, -0.15) is 13.2 Å². The van der Waals surface area contributed by atoms with Gasteiger partial charge in [0, 0.05) is 12.7 Å². The van der Waals surface area contributed by atoms with Gasteiger partial charge in [0.15, 0.2) is 12.4 Å². The summed E-state index contributed by atoms with van der Waals surface area (Å²) in [6.07, 6.45) is -4.26. The average Bonchev–Trinajstić information content (AvgIpc) is 3.15. The van der Waals surface area contributed by atoms with Crippen LogP contribution in [0, 0.1) is 0 Å². The molecule has 2 rings (SSSR count). The molecule has 28 heavy (non-hydrogen) atoms. The summed E-state index contributed by atoms with van der Waals surface area (Å²) in [5, 5.41) is 5.99. The lowest BCUT2D eigenvalue weighted by atomic mass is 10.3. The van der Waals surface area contributed by atoms with Crippen LogP contribution in [0.4, 0.5) is 19.0 Å². The van der Waals surface area contributed by atoms with E-state index in [-0.39, 0.29) is 24.7 Å². The zero-order valence-electron chi connectivity index (χ0n) is 14.0. The molecule has 0 aliphatic carbocycles. The molecule has 0 atom stereocenters. The summed E-state index contributed by atoms with van der Waals surface area (Å²) in [5.74, 6) is -2.19. The molecule has 0 aliphatic rings. The number of hydrogen-bond donors (Lipinski definition) is 2. The zero-order valence-corrected chi connectivity index (χ0v) is 15.6. The maximum absolute atomic E-state index is 12.5. The fraction of sp³-hybridized carbons (Fsp3) is 0.250. The molecule has 0 unspecified atom stereocenters. The Labute approximate surface area is 165 Å². The molecule has 2 aromatic rings. The molecule has 2 heterocycles. The van der Waals surface area contributed by atoms with Gasteiger partial charge in [-0.25, -0.2) is 4.98 Å². The summed E-state index contributed by atoms with van der Waals surface area (Å²) in [5.41, 5.74) is -1.06. The molecule has 0 fully saturated rings. The van der Waals surface area contributed by atoms with Gasteiger partial charge in [0.1, 0.15) is 0 Å². The first-order valence-electron chi connectivity index (χ1n) is 7.66. The van der Waals surface area contributed by atoms with E-state index < -0.39 is 35.2 Å². The Morgan fingerprint density at radius 2 is 2.04 bits per heavy atom. The minimum atomic E-state index is -4.62. The first kappa shape index (κ1) is 21.6. The van der Waals surface area contributed by atoms with Crippen LogP contribution in [-0.2, 0) is 20.5 Å². The van der Waals surface area contributed by atoms with Crippen molar-refractivity contribution >= 4 is 46.5 Å². The normalized spacial score (nSPS) is 11.0. The molecule has 2 amide bonds. The number of alkyl halides is 3. The topological polar surface area (TPSA) is 97.4 Å². The van der Waals surface area contributed by atoms with Crippen LogP contribution in [0.2, 0.25) is 5.02 Å². The third-order valence-electron chi connectivity index (χ3n) is 3.15. The summed E-state index contributed by atoms with van der Waals surface area (Å²) in [4.78, 5) is 38.9. The van der Waals surface area contributed by atoms with E-state index in [0.29, 0.717) is 17.1 Å². The van der Waals surface area contributed by atoms with Crippen molar-refractivity contribution in [2.75, 3.05) is 18.5 Å². The third-order valence-corrected chi connectivity index (χ3v) is 4.31. The van der Waals surface area contributed by atoms with Crippen molar-refractivity contribution in [2.45, 2.75) is 12.6 Å². The first-order chi connectivity index (χ1) is 13.2. The van der Waals surface area contributed by atoms with Gasteiger partial charge in [0.25, 0.3) is 11.8 Å². The Hall–Kier alpha value is -2.66. The van der Waals surface area contributed by atoms with Crippen LogP contribution < -0.4 is 10.6 Å². The number of hydrogen-bond acceptors (Lipinski definition) is 6. The smallest absolute Gasteiger partial charge is 0.417 e. The number of halogens is 4. The Kier molecular flexibility index (Phi) is 7.35. The fourth-order valence-corrected chi connectivity index (χ4v) is 2.70. The van der Waals surface area contributed by atoms with Crippen molar-refractivity contribution in [2.24, 2.45) is 0 Å². The summed E-state index contributed by atoms with van der Waals surface area (Å²) in [7, 11) is 0. The number of ether oxygens (including phenoxy) is 1. The van der Waals surface area contributed by atoms with Gasteiger partial charge < -0.3 is 15.4 Å². The number of carbonyl (C=O) groups is 3. The number of esters is 1. The summed E-state index contributed by atoms with van der Waals surface area (Å²) < 4.78 is 42.3. The van der Waals surface area contributed by atoms with E-state index >= 15 is 0 Å². The van der Waals surface area contributed by atoms with Gasteiger partial charge in [-0.3, -0.25) is 14.4 Å². The van der Waals surface area contributed by atoms with Crippen molar-refractivity contribution in [1.82, 2.24) is 10.3 Å². The Morgan fingerprint density at radius 1 is 1.29 bits per heavy atom. The molecule has 12 heteroatoms. The SMILES string of the molecule is O=C(COC(=O)CCNC(=O)c1cccs1)Nc1ncc(C(F)(F)F)cc1Cl. The van der Waals surface area contributed by atoms with Crippen LogP contribution in [0.15, 0.2) is 29.8 Å². The second kappa shape index (κ2) is 9.51. The zero-order chi connectivity index (χ0) is 20.7. The monoisotopic (exact) mass is 435 g/mol. The highest BCUT2D eigenvalue weighted by Gasteiger charge is 2.31. The van der Waals surface area contributed by atoms with Gasteiger partial charge in [-0.15, -0.1) is 11.3 Å². The molecule has 0 radical (unpaired) electrons. The Bertz CT molecular complexity index is 859. The van der Waals surface area contributed by atoms with E-state index in [1.165, 1.54) is 11.3 Å². The van der Waals surface area contributed by atoms with Crippen LogP contribution in [0.1, 0.15) is 21.7 Å². The summed E-state index contributed by atoms with van der Waals surface area (Å²) in [6.45, 7) is -0.666. The second-order valence-electron chi connectivity index (χ2n) is 5.24. The van der Waals surface area contributed by atoms with Crippen LogP contribution in [0.3, 0.4) is 0 Å². The Morgan fingerprint density at radius 3 is 2.64 bits per heavy atom. The predicted octanol–water partition coefficient (Wildman–Crippen LogP) is 3.12. The molecule has 2 aromatic heterocycles. The van der Waals surface area contributed by atoms with E-state index in [4.69, 9.17) is 16.3 Å². The molecule has 0 spiro atoms. The third kappa shape index (κ3) is 6.50. The highest BCUT2D eigenvalue weighted by molar-refractivity contribution is 7.12. The maximum Gasteiger partial charge on any atom is 0.417 e. The minimum Gasteiger partial charge on any atom is -0.456 e. The van der Waals surface area contributed by atoms with Crippen LogP contribution in [-0.4, -0.2) is 35.9 Å². The molecule has 0 saturated heterocycles. The van der Waals surface area contributed by atoms with E-state index in [1.54, 1.807) is 17.5 Å². The van der Waals surface area contributed by atoms with E-state index in [0.717, 1.165) is 0 Å². The number of anilines is 1. The average molecular weight is 436 g/mol. The number of nitrogens with one attached hydrogen (secondary N) is 2. The lowest BCUT2D eigenvalue weighted by Crippen LogP contribution is -2.27. The van der Waals surface area contributed by atoms with Crippen LogP contribution >= 0.6 is 22.9 Å². The molecule has 0 aromatic carbocycles. The number of amides is 2. The number of nitrogens with zero attached hydrogens (tertiary/aromatic N) is 1. The standard InChI is InChI=1S/C16H13ClF3N3O4S/c17-10-6-9(16(18,19)20)7-22-14(10)23-12(24)8-27-13(25)3-4-21-15(26)11-2-1-5-28-11/h1-2,5-7H,3-4,8H2,(H,21,26)(H,22,23,24). The van der Waals surface area contributed by atoms with Gasteiger partial charge in [0.2, 0.25) is 0 Å². The number of carbonyl (C=O) groups excluding carboxylic acids is 3. The maximum atomic E-state index is 12.5. The molecule has 7 nitrogen and oxygen atoms in total. The van der Waals surface area contributed by atoms with Gasteiger partial charge in [-0.1, -0.05) is 17.7 Å². The minimum absolute atomic E-state index is 0.0173. The van der Waals surface area contributed by atoms with Crippen molar-refractivity contribution in [3.63, 3.8) is 0 Å². The van der Waals surface area contributed by atoms with E-state index in [1.807, 2.05) is 0 Å². The number of pyridine rings is 1. The highest BCUT2D eigenvalue weighted by Crippen LogP contribution is 2.32. The molecule has 0 bridgehead atoms. The first-order valence-corrected chi connectivity index (χ1v) is 8.92. The van der Waals surface area contributed by atoms with Crippen LogP contribution in [0.5, 0.6) is 0 Å². The Balaban J connectivity index is 1.73. The quantitative estimate of drug-likeness (QED) is 0.651. The summed E-state index contributed by atoms with van der Waals surface area (Å²) >= 11 is 6.91. The van der Waals surface area contributed by atoms with Gasteiger partial charge in [-0.05, 0) is 17.5 Å². The molecule has 0 saturated carbocycles. The molecule has 0 aliphatic heterocycles. The summed E-state index contributed by atoms with van der Waals surface area (Å²) in [6, 6.07) is 3.96. The van der Waals surface area contributed by atoms with E-state index in [9.17, 15) is 27.6 Å². The molecule has 2 N–H and O–H groups in total. The van der Waals surface area contributed by atoms with Gasteiger partial charge in [0.05, 0.1) is 21.9 Å². The van der Waals surface area contributed by atoms with E-state index in [2.05, 4.69) is 15.6 Å². The predicted molar refractivity (Wildman–Crippen MR) is 95.1 cm³/mol. The highest BCUT2D eigenvalue weighted by atomic mass is 35.5. The van der Waals surface area contributed by atoms with Crippen molar-refractivity contribution in [1.29, 1.82) is 0 Å². The lowest BCUT2D eigenvalue weighted by Gasteiger charge is -2.10. The molecular formula is C16H13ClF3N3O4S. The number of aromatic nitrogens is 1. The van der Waals surface area contributed by atoms with Gasteiger partial charge >= 0.3 is 12.1 Å². The molecular weight excluding hydrogens is 423 g/mol. The fourth-order valence-electron chi connectivity index (χ4n) is 1.84. The van der Waals surface area contributed by atoms with Crippen LogP contribution in [0.25, 0.3) is 0 Å². The molecule has 150 valence electrons. The number of rotatable bonds is 7. The van der Waals surface area contributed by atoms with Crippen molar-refractivity contribution < 1.29 is 32.3 Å². The van der Waals surface area contributed by atoms with Crippen molar-refractivity contribution in [3.05, 3.63) is 45.2 Å². The largest absolute Gasteiger partial charge is 0.456 e.